The number of aromatic nitrogens is 3. The highest BCUT2D eigenvalue weighted by atomic mass is 35.5. The standard InChI is InChI=1S/C10H9ClFN3OS/c1-6-8(17-5-14-6)2-3-16-9-7(12)4-13-10(11)15-9/h4-5H,2-3H2,1H3. The van der Waals surface area contributed by atoms with E-state index in [0.717, 1.165) is 16.8 Å². The van der Waals surface area contributed by atoms with E-state index in [4.69, 9.17) is 16.3 Å². The third-order valence-electron chi connectivity index (χ3n) is 2.10. The summed E-state index contributed by atoms with van der Waals surface area (Å²) in [6.07, 6.45) is 1.65. The first-order valence-corrected chi connectivity index (χ1v) is 6.12. The molecule has 0 bridgehead atoms. The van der Waals surface area contributed by atoms with E-state index in [0.29, 0.717) is 13.0 Å². The van der Waals surface area contributed by atoms with Crippen LogP contribution in [0.15, 0.2) is 11.7 Å². The fourth-order valence-electron chi connectivity index (χ4n) is 1.24. The quantitative estimate of drug-likeness (QED) is 0.804. The SMILES string of the molecule is Cc1ncsc1CCOc1nc(Cl)ncc1F. The second-order valence-electron chi connectivity index (χ2n) is 3.25. The number of hydrogen-bond acceptors (Lipinski definition) is 5. The molecule has 2 aromatic rings. The van der Waals surface area contributed by atoms with Crippen LogP contribution in [-0.4, -0.2) is 21.6 Å². The Morgan fingerprint density at radius 2 is 2.29 bits per heavy atom. The molecule has 17 heavy (non-hydrogen) atoms. The molecule has 0 fully saturated rings. The molecule has 0 saturated carbocycles. The summed E-state index contributed by atoms with van der Waals surface area (Å²) >= 11 is 7.09. The molecule has 0 radical (unpaired) electrons. The summed E-state index contributed by atoms with van der Waals surface area (Å²) < 4.78 is 18.4. The Morgan fingerprint density at radius 3 is 3.00 bits per heavy atom. The molecular weight excluding hydrogens is 265 g/mol. The highest BCUT2D eigenvalue weighted by molar-refractivity contribution is 7.09. The van der Waals surface area contributed by atoms with Gasteiger partial charge in [-0.15, -0.1) is 11.3 Å². The summed E-state index contributed by atoms with van der Waals surface area (Å²) in [5.41, 5.74) is 2.74. The second-order valence-corrected chi connectivity index (χ2v) is 4.53. The van der Waals surface area contributed by atoms with Gasteiger partial charge >= 0.3 is 0 Å². The predicted molar refractivity (Wildman–Crippen MR) is 63.1 cm³/mol. The number of nitrogens with zero attached hydrogens (tertiary/aromatic N) is 3. The van der Waals surface area contributed by atoms with Crippen LogP contribution < -0.4 is 4.74 Å². The minimum atomic E-state index is -0.615. The van der Waals surface area contributed by atoms with E-state index in [9.17, 15) is 4.39 Å². The van der Waals surface area contributed by atoms with Crippen LogP contribution in [0.25, 0.3) is 0 Å². The molecule has 7 heteroatoms. The van der Waals surface area contributed by atoms with Crippen molar-refractivity contribution < 1.29 is 9.13 Å². The topological polar surface area (TPSA) is 47.9 Å². The van der Waals surface area contributed by atoms with Crippen molar-refractivity contribution >= 4 is 22.9 Å². The fourth-order valence-corrected chi connectivity index (χ4v) is 2.13. The molecule has 2 rings (SSSR count). The number of halogens is 2. The van der Waals surface area contributed by atoms with Gasteiger partial charge in [0.1, 0.15) is 0 Å². The summed E-state index contributed by atoms with van der Waals surface area (Å²) in [4.78, 5) is 12.4. The first-order chi connectivity index (χ1) is 8.16. The molecular formula is C10H9ClFN3OS. The molecule has 2 aromatic heterocycles. The lowest BCUT2D eigenvalue weighted by molar-refractivity contribution is 0.291. The molecule has 0 atom stereocenters. The van der Waals surface area contributed by atoms with Crippen LogP contribution in [0.5, 0.6) is 5.88 Å². The summed E-state index contributed by atoms with van der Waals surface area (Å²) in [5, 5.41) is -0.0321. The number of thiazole rings is 1. The molecule has 0 aliphatic carbocycles. The van der Waals surface area contributed by atoms with E-state index < -0.39 is 5.82 Å². The third-order valence-corrected chi connectivity index (χ3v) is 3.27. The van der Waals surface area contributed by atoms with Crippen LogP contribution in [0.3, 0.4) is 0 Å². The van der Waals surface area contributed by atoms with E-state index in [1.807, 2.05) is 6.92 Å². The van der Waals surface area contributed by atoms with Crippen molar-refractivity contribution in [2.24, 2.45) is 0 Å². The van der Waals surface area contributed by atoms with E-state index in [-0.39, 0.29) is 11.2 Å². The monoisotopic (exact) mass is 273 g/mol. The Morgan fingerprint density at radius 1 is 1.47 bits per heavy atom. The Balaban J connectivity index is 1.94. The van der Waals surface area contributed by atoms with Gasteiger partial charge in [-0.3, -0.25) is 0 Å². The molecule has 4 nitrogen and oxygen atoms in total. The zero-order valence-corrected chi connectivity index (χ0v) is 10.6. The molecule has 0 saturated heterocycles. The van der Waals surface area contributed by atoms with Gasteiger partial charge < -0.3 is 4.74 Å². The van der Waals surface area contributed by atoms with E-state index in [1.165, 1.54) is 0 Å². The van der Waals surface area contributed by atoms with Gasteiger partial charge in [0, 0.05) is 11.3 Å². The van der Waals surface area contributed by atoms with Crippen molar-refractivity contribution in [1.29, 1.82) is 0 Å². The van der Waals surface area contributed by atoms with Crippen molar-refractivity contribution in [2.75, 3.05) is 6.61 Å². The average molecular weight is 274 g/mol. The van der Waals surface area contributed by atoms with Crippen LogP contribution >= 0.6 is 22.9 Å². The normalized spacial score (nSPS) is 10.5. The Labute approximate surface area is 106 Å². The zero-order valence-electron chi connectivity index (χ0n) is 8.98. The average Bonchev–Trinajstić information content (AvgIpc) is 2.70. The zero-order chi connectivity index (χ0) is 12.3. The van der Waals surface area contributed by atoms with Gasteiger partial charge in [-0.2, -0.15) is 9.37 Å². The van der Waals surface area contributed by atoms with Crippen molar-refractivity contribution in [3.63, 3.8) is 0 Å². The molecule has 2 heterocycles. The molecule has 0 N–H and O–H groups in total. The molecule has 0 spiro atoms. The van der Waals surface area contributed by atoms with Crippen molar-refractivity contribution in [2.45, 2.75) is 13.3 Å². The maximum absolute atomic E-state index is 13.2. The van der Waals surface area contributed by atoms with Gasteiger partial charge in [-0.05, 0) is 18.5 Å². The van der Waals surface area contributed by atoms with Crippen LogP contribution in [-0.2, 0) is 6.42 Å². The van der Waals surface area contributed by atoms with Crippen LogP contribution in [0, 0.1) is 12.7 Å². The Kier molecular flexibility index (Phi) is 3.86. The number of aryl methyl sites for hydroxylation is 1. The fraction of sp³-hybridized carbons (Fsp3) is 0.300. The van der Waals surface area contributed by atoms with Gasteiger partial charge in [-0.25, -0.2) is 9.97 Å². The van der Waals surface area contributed by atoms with Gasteiger partial charge in [-0.1, -0.05) is 0 Å². The smallest absolute Gasteiger partial charge is 0.254 e. The van der Waals surface area contributed by atoms with Gasteiger partial charge in [0.15, 0.2) is 0 Å². The lowest BCUT2D eigenvalue weighted by Gasteiger charge is -2.05. The largest absolute Gasteiger partial charge is 0.475 e. The third kappa shape index (κ3) is 3.10. The lowest BCUT2D eigenvalue weighted by atomic mass is 10.3. The van der Waals surface area contributed by atoms with Crippen molar-refractivity contribution in [3.05, 3.63) is 33.4 Å². The first kappa shape index (κ1) is 12.2. The summed E-state index contributed by atoms with van der Waals surface area (Å²) in [5.74, 6) is -0.734. The summed E-state index contributed by atoms with van der Waals surface area (Å²) in [6, 6.07) is 0. The van der Waals surface area contributed by atoms with Gasteiger partial charge in [0.2, 0.25) is 11.1 Å². The molecule has 0 amide bonds. The molecule has 0 unspecified atom stereocenters. The Hall–Kier alpha value is -1.27. The van der Waals surface area contributed by atoms with Crippen molar-refractivity contribution in [1.82, 2.24) is 15.0 Å². The van der Waals surface area contributed by atoms with Gasteiger partial charge in [0.25, 0.3) is 5.88 Å². The first-order valence-electron chi connectivity index (χ1n) is 4.86. The maximum Gasteiger partial charge on any atom is 0.254 e. The van der Waals surface area contributed by atoms with Crippen LogP contribution in [0.1, 0.15) is 10.6 Å². The van der Waals surface area contributed by atoms with Crippen molar-refractivity contribution in [3.8, 4) is 5.88 Å². The van der Waals surface area contributed by atoms with Crippen LogP contribution in [0.4, 0.5) is 4.39 Å². The molecule has 0 aliphatic rings. The van der Waals surface area contributed by atoms with E-state index >= 15 is 0 Å². The summed E-state index contributed by atoms with van der Waals surface area (Å²) in [7, 11) is 0. The van der Waals surface area contributed by atoms with Crippen LogP contribution in [0.2, 0.25) is 5.28 Å². The second kappa shape index (κ2) is 5.37. The Bertz CT molecular complexity index is 520. The predicted octanol–water partition coefficient (Wildman–Crippen LogP) is 2.66. The lowest BCUT2D eigenvalue weighted by Crippen LogP contribution is -2.05. The highest BCUT2D eigenvalue weighted by Gasteiger charge is 2.08. The maximum atomic E-state index is 13.2. The molecule has 0 aliphatic heterocycles. The molecule has 0 aromatic carbocycles. The van der Waals surface area contributed by atoms with E-state index in [2.05, 4.69) is 15.0 Å². The summed E-state index contributed by atoms with van der Waals surface area (Å²) in [6.45, 7) is 2.25. The number of hydrogen-bond donors (Lipinski definition) is 0. The number of rotatable bonds is 4. The minimum absolute atomic E-state index is 0.0321. The highest BCUT2D eigenvalue weighted by Crippen LogP contribution is 2.16. The number of ether oxygens (including phenoxy) is 1. The molecule has 90 valence electrons. The van der Waals surface area contributed by atoms with E-state index in [1.54, 1.807) is 16.8 Å². The minimum Gasteiger partial charge on any atom is -0.475 e. The van der Waals surface area contributed by atoms with Gasteiger partial charge in [0.05, 0.1) is 24.0 Å².